The van der Waals surface area contributed by atoms with Crippen LogP contribution in [-0.2, 0) is 19.0 Å². The molecule has 2 fully saturated rings. The van der Waals surface area contributed by atoms with Crippen molar-refractivity contribution in [2.75, 3.05) is 19.7 Å². The molecule has 10 unspecified atom stereocenters. The molecule has 2 rings (SSSR count). The van der Waals surface area contributed by atoms with Crippen LogP contribution in [0.5, 0.6) is 0 Å². The second kappa shape index (κ2) is 12.0. The maximum Gasteiger partial charge on any atom is 0.220 e. The van der Waals surface area contributed by atoms with Crippen molar-refractivity contribution in [1.82, 2.24) is 5.32 Å². The lowest BCUT2D eigenvalue weighted by Gasteiger charge is -2.44. The normalized spacial score (nSPS) is 40.0. The molecule has 32 heavy (non-hydrogen) atoms. The third-order valence-corrected chi connectivity index (χ3v) is 5.14. The summed E-state index contributed by atoms with van der Waals surface area (Å²) in [7, 11) is 0. The first-order valence-corrected chi connectivity index (χ1v) is 10.0. The molecule has 0 saturated carbocycles. The van der Waals surface area contributed by atoms with Gasteiger partial charge in [-0.2, -0.15) is 0 Å². The highest BCUT2D eigenvalue weighted by Gasteiger charge is 2.49. The molecule has 186 valence electrons. The number of hydrogen-bond donors (Lipinski definition) is 10. The van der Waals surface area contributed by atoms with Crippen LogP contribution in [0, 0.1) is 0 Å². The van der Waals surface area contributed by atoms with Gasteiger partial charge in [-0.25, -0.2) is 0 Å². The first kappa shape index (κ1) is 26.6. The van der Waals surface area contributed by atoms with Crippen LogP contribution in [-0.4, -0.2) is 129 Å². The van der Waals surface area contributed by atoms with Crippen molar-refractivity contribution >= 4 is 11.9 Å². The van der Waals surface area contributed by atoms with E-state index in [1.807, 2.05) is 0 Å². The SMILES string of the molecule is NC(N)=NCCCC(=O)NCC1OC(OC2OC(CO)C(O)C(O)C2O)C(O)C(O)C1O. The monoisotopic (exact) mass is 468 g/mol. The number of nitrogens with two attached hydrogens (primary N) is 2. The second-order valence-electron chi connectivity index (χ2n) is 7.56. The van der Waals surface area contributed by atoms with E-state index >= 15 is 0 Å². The smallest absolute Gasteiger partial charge is 0.220 e. The van der Waals surface area contributed by atoms with E-state index in [0.717, 1.165) is 0 Å². The number of carbonyl (C=O) groups is 1. The summed E-state index contributed by atoms with van der Waals surface area (Å²) in [5.74, 6) is -0.499. The Morgan fingerprint density at radius 2 is 1.41 bits per heavy atom. The van der Waals surface area contributed by atoms with Gasteiger partial charge in [0.1, 0.15) is 48.8 Å². The quantitative estimate of drug-likeness (QED) is 0.0858. The fourth-order valence-corrected chi connectivity index (χ4v) is 3.26. The molecule has 10 atom stereocenters. The zero-order chi connectivity index (χ0) is 24.0. The van der Waals surface area contributed by atoms with E-state index in [0.29, 0.717) is 6.42 Å². The number of aliphatic hydroxyl groups excluding tert-OH is 7. The number of nitrogens with one attached hydrogen (secondary N) is 1. The highest BCUT2D eigenvalue weighted by atomic mass is 16.8. The van der Waals surface area contributed by atoms with Crippen LogP contribution in [0.1, 0.15) is 12.8 Å². The molecule has 2 heterocycles. The zero-order valence-corrected chi connectivity index (χ0v) is 17.2. The molecule has 0 radical (unpaired) electrons. The number of ether oxygens (including phenoxy) is 3. The molecule has 12 N–H and O–H groups in total. The number of carbonyl (C=O) groups excluding carboxylic acids is 1. The summed E-state index contributed by atoms with van der Waals surface area (Å²) in [6.07, 6.45) is -15.5. The van der Waals surface area contributed by atoms with E-state index in [1.165, 1.54) is 0 Å². The Bertz CT molecular complexity index is 636. The van der Waals surface area contributed by atoms with Crippen molar-refractivity contribution < 1.29 is 54.8 Å². The van der Waals surface area contributed by atoms with Gasteiger partial charge in [-0.1, -0.05) is 0 Å². The van der Waals surface area contributed by atoms with Crippen LogP contribution in [0.15, 0.2) is 4.99 Å². The van der Waals surface area contributed by atoms with Gasteiger partial charge in [0.25, 0.3) is 0 Å². The summed E-state index contributed by atoms with van der Waals surface area (Å²) in [6, 6.07) is 0. The van der Waals surface area contributed by atoms with E-state index < -0.39 is 73.9 Å². The molecule has 0 spiro atoms. The van der Waals surface area contributed by atoms with Gasteiger partial charge in [0.15, 0.2) is 18.5 Å². The molecule has 1 amide bonds. The predicted octanol–water partition coefficient (Wildman–Crippen LogP) is -6.22. The highest BCUT2D eigenvalue weighted by Crippen LogP contribution is 2.28. The second-order valence-corrected chi connectivity index (χ2v) is 7.56. The van der Waals surface area contributed by atoms with E-state index in [1.54, 1.807) is 0 Å². The minimum absolute atomic E-state index is 0.0789. The molecule has 2 aliphatic rings. The maximum absolute atomic E-state index is 11.9. The Morgan fingerprint density at radius 3 is 1.94 bits per heavy atom. The number of amides is 1. The van der Waals surface area contributed by atoms with Crippen LogP contribution in [0.2, 0.25) is 0 Å². The fraction of sp³-hybridized carbons (Fsp3) is 0.882. The molecule has 2 aliphatic heterocycles. The number of aliphatic hydroxyl groups is 7. The van der Waals surface area contributed by atoms with Crippen molar-refractivity contribution in [2.45, 2.75) is 74.3 Å². The standard InChI is InChI=1S/C17H32N4O11/c18-17(19)20-3-1-2-8(23)21-4-6-9(24)11(26)13(28)15(30-6)32-16-14(29)12(27)10(25)7(5-22)31-16/h6-7,9-16,22,24-29H,1-5H2,(H,21,23)(H4,18,19,20). The Labute approximate surface area is 183 Å². The highest BCUT2D eigenvalue weighted by molar-refractivity contribution is 5.76. The first-order valence-electron chi connectivity index (χ1n) is 10.0. The van der Waals surface area contributed by atoms with Gasteiger partial charge < -0.3 is 66.7 Å². The molecule has 2 saturated heterocycles. The molecular formula is C17H32N4O11. The topological polar surface area (TPSA) is 263 Å². The van der Waals surface area contributed by atoms with Crippen LogP contribution in [0.4, 0.5) is 0 Å². The predicted molar refractivity (Wildman–Crippen MR) is 104 cm³/mol. The first-order chi connectivity index (χ1) is 15.1. The van der Waals surface area contributed by atoms with E-state index in [4.69, 9.17) is 25.7 Å². The minimum Gasteiger partial charge on any atom is -0.394 e. The van der Waals surface area contributed by atoms with Crippen molar-refractivity contribution in [2.24, 2.45) is 16.5 Å². The Kier molecular flexibility index (Phi) is 9.96. The molecule has 0 aromatic carbocycles. The maximum atomic E-state index is 11.9. The lowest BCUT2D eigenvalue weighted by atomic mass is 9.98. The van der Waals surface area contributed by atoms with Crippen LogP contribution in [0.25, 0.3) is 0 Å². The molecule has 0 aromatic heterocycles. The largest absolute Gasteiger partial charge is 0.394 e. The Morgan fingerprint density at radius 1 is 0.875 bits per heavy atom. The summed E-state index contributed by atoms with van der Waals surface area (Å²) in [6.45, 7) is -0.698. The van der Waals surface area contributed by atoms with Crippen molar-refractivity contribution in [3.63, 3.8) is 0 Å². The van der Waals surface area contributed by atoms with E-state index in [-0.39, 0.29) is 25.5 Å². The number of hydrogen-bond acceptors (Lipinski definition) is 12. The molecule has 15 nitrogen and oxygen atoms in total. The number of aliphatic imine (C=N–C) groups is 1. The van der Waals surface area contributed by atoms with Gasteiger partial charge in [-0.05, 0) is 6.42 Å². The summed E-state index contributed by atoms with van der Waals surface area (Å²) in [5, 5.41) is 71.9. The Balaban J connectivity index is 1.93. The lowest BCUT2D eigenvalue weighted by Crippen LogP contribution is -2.64. The van der Waals surface area contributed by atoms with Gasteiger partial charge in [-0.15, -0.1) is 0 Å². The molecule has 0 aliphatic carbocycles. The van der Waals surface area contributed by atoms with Gasteiger partial charge >= 0.3 is 0 Å². The lowest BCUT2D eigenvalue weighted by molar-refractivity contribution is -0.374. The molecule has 15 heteroatoms. The van der Waals surface area contributed by atoms with Crippen molar-refractivity contribution in [1.29, 1.82) is 0 Å². The van der Waals surface area contributed by atoms with Crippen LogP contribution >= 0.6 is 0 Å². The molecule has 0 bridgehead atoms. The van der Waals surface area contributed by atoms with Gasteiger partial charge in [0.05, 0.1) is 6.61 Å². The van der Waals surface area contributed by atoms with Crippen LogP contribution < -0.4 is 16.8 Å². The third-order valence-electron chi connectivity index (χ3n) is 5.14. The van der Waals surface area contributed by atoms with Gasteiger partial charge in [0.2, 0.25) is 5.91 Å². The molecule has 0 aromatic rings. The van der Waals surface area contributed by atoms with Crippen molar-refractivity contribution in [3.05, 3.63) is 0 Å². The zero-order valence-electron chi connectivity index (χ0n) is 17.2. The summed E-state index contributed by atoms with van der Waals surface area (Å²) in [4.78, 5) is 15.7. The minimum atomic E-state index is -1.77. The summed E-state index contributed by atoms with van der Waals surface area (Å²) >= 11 is 0. The van der Waals surface area contributed by atoms with E-state index in [2.05, 4.69) is 10.3 Å². The fourth-order valence-electron chi connectivity index (χ4n) is 3.26. The third kappa shape index (κ3) is 6.67. The average molecular weight is 468 g/mol. The molecular weight excluding hydrogens is 436 g/mol. The van der Waals surface area contributed by atoms with Crippen molar-refractivity contribution in [3.8, 4) is 0 Å². The van der Waals surface area contributed by atoms with Gasteiger partial charge in [0, 0.05) is 19.5 Å². The van der Waals surface area contributed by atoms with Gasteiger partial charge in [-0.3, -0.25) is 9.79 Å². The van der Waals surface area contributed by atoms with E-state index in [9.17, 15) is 40.5 Å². The number of guanidine groups is 1. The Hall–Kier alpha value is -1.66. The number of nitrogens with zero attached hydrogens (tertiary/aromatic N) is 1. The summed E-state index contributed by atoms with van der Waals surface area (Å²) < 4.78 is 15.9. The number of rotatable bonds is 9. The average Bonchev–Trinajstić information content (AvgIpc) is 2.76. The van der Waals surface area contributed by atoms with Crippen LogP contribution in [0.3, 0.4) is 0 Å². The summed E-state index contributed by atoms with van der Waals surface area (Å²) in [5.41, 5.74) is 10.4.